The Morgan fingerprint density at radius 3 is 2.56 bits per heavy atom. The zero-order valence-electron chi connectivity index (χ0n) is 15.6. The van der Waals surface area contributed by atoms with Crippen LogP contribution in [0.3, 0.4) is 0 Å². The Bertz CT molecular complexity index is 630. The smallest absolute Gasteiger partial charge is 0.408 e. The normalized spacial score (nSPS) is 30.8. The average molecular weight is 365 g/mol. The van der Waals surface area contributed by atoms with Crippen LogP contribution in [0.1, 0.15) is 58.6 Å². The minimum Gasteiger partial charge on any atom is -0.444 e. The second-order valence-corrected chi connectivity index (χ2v) is 9.24. The third kappa shape index (κ3) is 3.65. The summed E-state index contributed by atoms with van der Waals surface area (Å²) in [6, 6.07) is 10.7. The summed E-state index contributed by atoms with van der Waals surface area (Å²) in [5.41, 5.74) is 0.347. The van der Waals surface area contributed by atoms with E-state index in [1.807, 2.05) is 26.8 Å². The van der Waals surface area contributed by atoms with Crippen molar-refractivity contribution in [1.82, 2.24) is 10.2 Å². The van der Waals surface area contributed by atoms with Gasteiger partial charge in [0.1, 0.15) is 5.60 Å². The maximum absolute atomic E-state index is 12.4. The zero-order chi connectivity index (χ0) is 18.3. The van der Waals surface area contributed by atoms with Crippen molar-refractivity contribution >= 4 is 17.7 Å². The molecule has 1 heterocycles. The molecule has 1 amide bonds. The second-order valence-electron chi connectivity index (χ2n) is 8.52. The number of fused-ring (bicyclic) bond motifs is 1. The first kappa shape index (κ1) is 18.5. The number of hydrogen-bond acceptors (Lipinski definition) is 3. The SMILES string of the molecule is C[C@H](c1ccccc1)N1C[C@]2(Cl)CCC[C@@]2(NC(=O)OC(C)(C)C)C1. The lowest BCUT2D eigenvalue weighted by molar-refractivity contribution is 0.0448. The summed E-state index contributed by atoms with van der Waals surface area (Å²) in [7, 11) is 0. The van der Waals surface area contributed by atoms with Gasteiger partial charge in [-0.2, -0.15) is 0 Å². The number of hydrogen-bond donors (Lipinski definition) is 1. The number of halogens is 1. The maximum Gasteiger partial charge on any atom is 0.408 e. The van der Waals surface area contributed by atoms with Gasteiger partial charge in [0.15, 0.2) is 0 Å². The van der Waals surface area contributed by atoms with E-state index in [2.05, 4.69) is 41.4 Å². The van der Waals surface area contributed by atoms with E-state index >= 15 is 0 Å². The van der Waals surface area contributed by atoms with Crippen LogP contribution in [-0.4, -0.2) is 40.1 Å². The van der Waals surface area contributed by atoms with Crippen LogP contribution in [0.25, 0.3) is 0 Å². The van der Waals surface area contributed by atoms with Crippen molar-refractivity contribution in [2.24, 2.45) is 0 Å². The van der Waals surface area contributed by atoms with E-state index in [4.69, 9.17) is 16.3 Å². The quantitative estimate of drug-likeness (QED) is 0.803. The molecule has 25 heavy (non-hydrogen) atoms. The van der Waals surface area contributed by atoms with Crippen LogP contribution in [0.15, 0.2) is 30.3 Å². The average Bonchev–Trinajstić information content (AvgIpc) is 2.94. The van der Waals surface area contributed by atoms with E-state index in [1.54, 1.807) is 0 Å². The fourth-order valence-electron chi connectivity index (χ4n) is 4.24. The summed E-state index contributed by atoms with van der Waals surface area (Å²) in [4.78, 5) is 14.4. The van der Waals surface area contributed by atoms with Crippen LogP contribution in [-0.2, 0) is 4.74 Å². The first-order valence-electron chi connectivity index (χ1n) is 9.13. The Morgan fingerprint density at radius 1 is 1.24 bits per heavy atom. The van der Waals surface area contributed by atoms with Crippen LogP contribution in [0.4, 0.5) is 4.79 Å². The molecule has 1 saturated heterocycles. The molecule has 5 heteroatoms. The van der Waals surface area contributed by atoms with Crippen molar-refractivity contribution in [1.29, 1.82) is 0 Å². The zero-order valence-corrected chi connectivity index (χ0v) is 16.4. The highest BCUT2D eigenvalue weighted by molar-refractivity contribution is 6.25. The molecule has 138 valence electrons. The number of nitrogens with zero attached hydrogens (tertiary/aromatic N) is 1. The summed E-state index contributed by atoms with van der Waals surface area (Å²) in [6.45, 7) is 9.38. The van der Waals surface area contributed by atoms with E-state index in [0.29, 0.717) is 0 Å². The van der Waals surface area contributed by atoms with Crippen molar-refractivity contribution in [2.75, 3.05) is 13.1 Å². The molecule has 3 atom stereocenters. The highest BCUT2D eigenvalue weighted by Crippen LogP contribution is 2.51. The molecule has 3 rings (SSSR count). The lowest BCUT2D eigenvalue weighted by atomic mass is 9.90. The number of likely N-dealkylation sites (tertiary alicyclic amines) is 1. The number of benzene rings is 1. The molecule has 1 N–H and O–H groups in total. The minimum atomic E-state index is -0.510. The van der Waals surface area contributed by atoms with Crippen LogP contribution < -0.4 is 5.32 Å². The summed E-state index contributed by atoms with van der Waals surface area (Å²) in [5.74, 6) is 0. The molecule has 0 aromatic heterocycles. The third-order valence-corrected chi connectivity index (χ3v) is 6.20. The fourth-order valence-corrected chi connectivity index (χ4v) is 4.73. The van der Waals surface area contributed by atoms with E-state index < -0.39 is 16.0 Å². The van der Waals surface area contributed by atoms with Crippen molar-refractivity contribution in [3.8, 4) is 0 Å². The molecule has 1 aromatic carbocycles. The highest BCUT2D eigenvalue weighted by Gasteiger charge is 2.61. The van der Waals surface area contributed by atoms with Gasteiger partial charge < -0.3 is 10.1 Å². The van der Waals surface area contributed by atoms with Gasteiger partial charge >= 0.3 is 6.09 Å². The number of carbonyl (C=O) groups excluding carboxylic acids is 1. The number of alkyl carbamates (subject to hydrolysis) is 1. The largest absolute Gasteiger partial charge is 0.444 e. The van der Waals surface area contributed by atoms with Crippen molar-refractivity contribution in [3.63, 3.8) is 0 Å². The highest BCUT2D eigenvalue weighted by atomic mass is 35.5. The molecule has 4 nitrogen and oxygen atoms in total. The van der Waals surface area contributed by atoms with Crippen molar-refractivity contribution in [2.45, 2.75) is 69.0 Å². The van der Waals surface area contributed by atoms with E-state index in [1.165, 1.54) is 5.56 Å². The van der Waals surface area contributed by atoms with Crippen LogP contribution in [0.5, 0.6) is 0 Å². The number of carbonyl (C=O) groups is 1. The van der Waals surface area contributed by atoms with E-state index in [0.717, 1.165) is 32.4 Å². The molecular weight excluding hydrogens is 336 g/mol. The van der Waals surface area contributed by atoms with Gasteiger partial charge in [-0.3, -0.25) is 4.90 Å². The molecule has 0 spiro atoms. The van der Waals surface area contributed by atoms with Crippen LogP contribution in [0, 0.1) is 0 Å². The Morgan fingerprint density at radius 2 is 1.92 bits per heavy atom. The molecule has 0 bridgehead atoms. The van der Waals surface area contributed by atoms with E-state index in [-0.39, 0.29) is 12.1 Å². The molecule has 2 fully saturated rings. The van der Waals surface area contributed by atoms with Crippen LogP contribution in [0.2, 0.25) is 0 Å². The van der Waals surface area contributed by atoms with Gasteiger partial charge in [-0.15, -0.1) is 11.6 Å². The number of amides is 1. The Kier molecular flexibility index (Phi) is 4.80. The topological polar surface area (TPSA) is 41.6 Å². The van der Waals surface area contributed by atoms with Gasteiger partial charge in [0.2, 0.25) is 0 Å². The number of ether oxygens (including phenoxy) is 1. The molecule has 1 aliphatic carbocycles. The van der Waals surface area contributed by atoms with Crippen molar-refractivity contribution < 1.29 is 9.53 Å². The monoisotopic (exact) mass is 364 g/mol. The Balaban J connectivity index is 1.78. The molecule has 2 aliphatic rings. The summed E-state index contributed by atoms with van der Waals surface area (Å²) in [5, 5.41) is 3.15. The molecule has 1 aliphatic heterocycles. The minimum absolute atomic E-state index is 0.264. The predicted octanol–water partition coefficient (Wildman–Crippen LogP) is 4.49. The van der Waals surface area contributed by atoms with Gasteiger partial charge in [-0.05, 0) is 52.5 Å². The van der Waals surface area contributed by atoms with Gasteiger partial charge in [0.05, 0.1) is 10.4 Å². The van der Waals surface area contributed by atoms with Gasteiger partial charge in [-0.25, -0.2) is 4.79 Å². The summed E-state index contributed by atoms with van der Waals surface area (Å²) >= 11 is 7.05. The van der Waals surface area contributed by atoms with E-state index in [9.17, 15) is 4.79 Å². The first-order valence-corrected chi connectivity index (χ1v) is 9.51. The third-order valence-electron chi connectivity index (χ3n) is 5.53. The lowest BCUT2D eigenvalue weighted by Gasteiger charge is -2.36. The maximum atomic E-state index is 12.4. The lowest BCUT2D eigenvalue weighted by Crippen LogP contribution is -2.59. The molecule has 0 unspecified atom stereocenters. The molecule has 0 radical (unpaired) electrons. The Hall–Kier alpha value is -1.26. The summed E-state index contributed by atoms with van der Waals surface area (Å²) in [6.07, 6.45) is 2.48. The molecule has 1 aromatic rings. The van der Waals surface area contributed by atoms with Crippen molar-refractivity contribution in [3.05, 3.63) is 35.9 Å². The number of nitrogens with one attached hydrogen (secondary N) is 1. The van der Waals surface area contributed by atoms with Gasteiger partial charge in [-0.1, -0.05) is 30.3 Å². The molecule has 1 saturated carbocycles. The Labute approximate surface area is 155 Å². The fraction of sp³-hybridized carbons (Fsp3) is 0.650. The number of rotatable bonds is 3. The van der Waals surface area contributed by atoms with Crippen LogP contribution >= 0.6 is 11.6 Å². The standard InChI is InChI=1S/C20H29ClN2O2/c1-15(16-9-6-5-7-10-16)23-13-19(21)11-8-12-20(19,14-23)22-17(24)25-18(2,3)4/h5-7,9-10,15H,8,11-14H2,1-4H3,(H,22,24)/t15-,19-,20-/m1/s1. The van der Waals surface area contributed by atoms with Gasteiger partial charge in [0.25, 0.3) is 0 Å². The first-order chi connectivity index (χ1) is 11.6. The predicted molar refractivity (Wildman–Crippen MR) is 101 cm³/mol. The second kappa shape index (κ2) is 6.48. The molecular formula is C20H29ClN2O2. The summed E-state index contributed by atoms with van der Waals surface area (Å²) < 4.78 is 5.50. The van der Waals surface area contributed by atoms with Gasteiger partial charge in [0, 0.05) is 19.1 Å². The number of alkyl halides is 1.